The molecule has 0 saturated heterocycles. The molecule has 0 aromatic heterocycles. The summed E-state index contributed by atoms with van der Waals surface area (Å²) in [7, 11) is 0. The second kappa shape index (κ2) is 6.45. The molecule has 0 amide bonds. The number of hydrogen-bond donors (Lipinski definition) is 1. The van der Waals surface area contributed by atoms with Crippen LogP contribution < -0.4 is 0 Å². The number of benzene rings is 1. The average molecular weight is 228 g/mol. The van der Waals surface area contributed by atoms with Gasteiger partial charge in [0.15, 0.2) is 0 Å². The van der Waals surface area contributed by atoms with Gasteiger partial charge in [0.1, 0.15) is 0 Å². The number of thioether (sulfide) groups is 1. The highest BCUT2D eigenvalue weighted by atomic mass is 32.2. The third-order valence-corrected chi connectivity index (χ3v) is 2.98. The molecule has 1 aromatic carbocycles. The van der Waals surface area contributed by atoms with Gasteiger partial charge in [0.2, 0.25) is 0 Å². The fraction of sp³-hybridized carbons (Fsp3) is 0.364. The zero-order valence-electron chi connectivity index (χ0n) is 8.28. The van der Waals surface area contributed by atoms with E-state index in [0.29, 0.717) is 12.2 Å². The highest BCUT2D eigenvalue weighted by molar-refractivity contribution is 7.99. The number of carbonyl (C=O) groups is 1. The van der Waals surface area contributed by atoms with Gasteiger partial charge in [-0.05, 0) is 18.1 Å². The lowest BCUT2D eigenvalue weighted by Gasteiger charge is -2.06. The first kappa shape index (κ1) is 12.0. The van der Waals surface area contributed by atoms with Crippen molar-refractivity contribution in [2.24, 2.45) is 0 Å². The molecule has 82 valence electrons. The van der Waals surface area contributed by atoms with Gasteiger partial charge in [-0.2, -0.15) is 0 Å². The Balaban J connectivity index is 2.63. The van der Waals surface area contributed by atoms with Crippen LogP contribution in [0.3, 0.4) is 0 Å². The summed E-state index contributed by atoms with van der Waals surface area (Å²) in [6.07, 6.45) is 0.623. The second-order valence-electron chi connectivity index (χ2n) is 3.04. The van der Waals surface area contributed by atoms with Gasteiger partial charge < -0.3 is 5.11 Å². The van der Waals surface area contributed by atoms with Gasteiger partial charge >= 0.3 is 5.97 Å². The quantitative estimate of drug-likeness (QED) is 0.761. The van der Waals surface area contributed by atoms with E-state index >= 15 is 0 Å². The molecule has 0 radical (unpaired) electrons. The predicted octanol–water partition coefficient (Wildman–Crippen LogP) is 2.77. The van der Waals surface area contributed by atoms with E-state index in [0.717, 1.165) is 10.5 Å². The number of hydrogen-bond acceptors (Lipinski definition) is 2. The van der Waals surface area contributed by atoms with Crippen molar-refractivity contribution in [1.82, 2.24) is 0 Å². The van der Waals surface area contributed by atoms with Gasteiger partial charge in [-0.15, -0.1) is 11.8 Å². The van der Waals surface area contributed by atoms with Crippen molar-refractivity contribution >= 4 is 17.7 Å². The molecule has 1 aromatic rings. The van der Waals surface area contributed by atoms with Gasteiger partial charge in [-0.25, -0.2) is 0 Å². The Morgan fingerprint density at radius 3 is 2.80 bits per heavy atom. The molecule has 4 heteroatoms. The molecule has 1 rings (SSSR count). The Kier molecular flexibility index (Phi) is 5.18. The molecule has 0 atom stereocenters. The van der Waals surface area contributed by atoms with Crippen LogP contribution in [0.15, 0.2) is 29.2 Å². The maximum absolute atomic E-state index is 12.0. The molecule has 1 N–H and O–H groups in total. The number of carboxylic acid groups (broad SMARTS) is 1. The molecule has 0 aliphatic carbocycles. The molecular formula is C11H13FO2S. The Morgan fingerprint density at radius 2 is 2.13 bits per heavy atom. The van der Waals surface area contributed by atoms with Gasteiger partial charge in [-0.3, -0.25) is 9.18 Å². The lowest BCUT2D eigenvalue weighted by Crippen LogP contribution is -1.98. The Bertz CT molecular complexity index is 328. The first-order valence-electron chi connectivity index (χ1n) is 4.72. The Labute approximate surface area is 92.5 Å². The van der Waals surface area contributed by atoms with Crippen LogP contribution in [0.1, 0.15) is 12.0 Å². The number of halogens is 1. The molecule has 0 unspecified atom stereocenters. The number of aryl methyl sites for hydroxylation is 1. The zero-order valence-corrected chi connectivity index (χ0v) is 9.10. The van der Waals surface area contributed by atoms with Crippen LogP contribution in [0.5, 0.6) is 0 Å². The van der Waals surface area contributed by atoms with Crippen molar-refractivity contribution in [3.05, 3.63) is 29.8 Å². The number of aliphatic carboxylic acids is 1. The summed E-state index contributed by atoms with van der Waals surface area (Å²) in [5, 5.41) is 8.57. The summed E-state index contributed by atoms with van der Waals surface area (Å²) in [5.41, 5.74) is 0.985. The lowest BCUT2D eigenvalue weighted by atomic mass is 10.1. The Hall–Kier alpha value is -1.03. The minimum Gasteiger partial charge on any atom is -0.481 e. The van der Waals surface area contributed by atoms with E-state index in [2.05, 4.69) is 0 Å². The highest BCUT2D eigenvalue weighted by Gasteiger charge is 2.04. The molecule has 0 spiro atoms. The number of alkyl halides is 1. The monoisotopic (exact) mass is 228 g/mol. The van der Waals surface area contributed by atoms with Crippen molar-refractivity contribution in [3.8, 4) is 0 Å². The van der Waals surface area contributed by atoms with Crippen molar-refractivity contribution in [2.75, 3.05) is 12.4 Å². The van der Waals surface area contributed by atoms with Crippen molar-refractivity contribution in [1.29, 1.82) is 0 Å². The minimum absolute atomic E-state index is 0.118. The minimum atomic E-state index is -0.805. The largest absolute Gasteiger partial charge is 0.481 e. The van der Waals surface area contributed by atoms with Crippen LogP contribution in [0, 0.1) is 0 Å². The molecule has 15 heavy (non-hydrogen) atoms. The summed E-state index contributed by atoms with van der Waals surface area (Å²) in [4.78, 5) is 11.4. The fourth-order valence-corrected chi connectivity index (χ4v) is 2.07. The van der Waals surface area contributed by atoms with E-state index < -0.39 is 5.97 Å². The molecule has 0 aliphatic heterocycles. The SMILES string of the molecule is O=C(O)CCc1ccccc1SCCF. The molecular weight excluding hydrogens is 215 g/mol. The van der Waals surface area contributed by atoms with Gasteiger partial charge in [0.05, 0.1) is 6.67 Å². The van der Waals surface area contributed by atoms with E-state index in [-0.39, 0.29) is 13.1 Å². The number of carboxylic acids is 1. The van der Waals surface area contributed by atoms with E-state index in [1.165, 1.54) is 11.8 Å². The molecule has 2 nitrogen and oxygen atoms in total. The van der Waals surface area contributed by atoms with Crippen molar-refractivity contribution in [2.45, 2.75) is 17.7 Å². The van der Waals surface area contributed by atoms with Crippen LogP contribution in [-0.2, 0) is 11.2 Å². The molecule has 0 fully saturated rings. The number of rotatable bonds is 6. The van der Waals surface area contributed by atoms with Crippen LogP contribution in [0.2, 0.25) is 0 Å². The van der Waals surface area contributed by atoms with E-state index in [9.17, 15) is 9.18 Å². The smallest absolute Gasteiger partial charge is 0.303 e. The van der Waals surface area contributed by atoms with Crippen LogP contribution >= 0.6 is 11.8 Å². The lowest BCUT2D eigenvalue weighted by molar-refractivity contribution is -0.136. The van der Waals surface area contributed by atoms with Gasteiger partial charge in [0.25, 0.3) is 0 Å². The van der Waals surface area contributed by atoms with Crippen LogP contribution in [-0.4, -0.2) is 23.5 Å². The van der Waals surface area contributed by atoms with Crippen molar-refractivity contribution in [3.63, 3.8) is 0 Å². The summed E-state index contributed by atoms with van der Waals surface area (Å²) >= 11 is 1.43. The Morgan fingerprint density at radius 1 is 1.40 bits per heavy atom. The van der Waals surface area contributed by atoms with Crippen LogP contribution in [0.25, 0.3) is 0 Å². The second-order valence-corrected chi connectivity index (χ2v) is 4.18. The van der Waals surface area contributed by atoms with Gasteiger partial charge in [-0.1, -0.05) is 18.2 Å². The highest BCUT2D eigenvalue weighted by Crippen LogP contribution is 2.23. The van der Waals surface area contributed by atoms with Crippen molar-refractivity contribution < 1.29 is 14.3 Å². The summed E-state index contributed by atoms with van der Waals surface area (Å²) in [6, 6.07) is 7.54. The zero-order chi connectivity index (χ0) is 11.1. The van der Waals surface area contributed by atoms with E-state index in [1.807, 2.05) is 24.3 Å². The first-order valence-corrected chi connectivity index (χ1v) is 5.71. The van der Waals surface area contributed by atoms with Gasteiger partial charge in [0, 0.05) is 17.1 Å². The topological polar surface area (TPSA) is 37.3 Å². The first-order chi connectivity index (χ1) is 7.24. The molecule has 0 saturated carbocycles. The van der Waals surface area contributed by atoms with E-state index in [1.54, 1.807) is 0 Å². The third-order valence-electron chi connectivity index (χ3n) is 1.92. The predicted molar refractivity (Wildman–Crippen MR) is 59.1 cm³/mol. The summed E-state index contributed by atoms with van der Waals surface area (Å²) in [5.74, 6) is -0.385. The average Bonchev–Trinajstić information content (AvgIpc) is 2.24. The maximum atomic E-state index is 12.0. The summed E-state index contributed by atoms with van der Waals surface area (Å²) in [6.45, 7) is -0.363. The standard InChI is InChI=1S/C11H13FO2S/c12-7-8-15-10-4-2-1-3-9(10)5-6-11(13)14/h1-4H,5-8H2,(H,13,14). The fourth-order valence-electron chi connectivity index (χ4n) is 1.24. The molecule has 0 bridgehead atoms. The molecule has 0 aliphatic rings. The maximum Gasteiger partial charge on any atom is 0.303 e. The normalized spacial score (nSPS) is 10.2. The molecule has 0 heterocycles. The third kappa shape index (κ3) is 4.34. The summed E-state index contributed by atoms with van der Waals surface area (Å²) < 4.78 is 12.0. The van der Waals surface area contributed by atoms with E-state index in [4.69, 9.17) is 5.11 Å². The van der Waals surface area contributed by atoms with Crippen LogP contribution in [0.4, 0.5) is 4.39 Å².